The number of carbonyl (C=O) groups is 1. The van der Waals surface area contributed by atoms with Crippen LogP contribution in [0.4, 0.5) is 5.82 Å². The summed E-state index contributed by atoms with van der Waals surface area (Å²) >= 11 is 0. The van der Waals surface area contributed by atoms with Crippen LogP contribution in [0.2, 0.25) is 0 Å². The van der Waals surface area contributed by atoms with Crippen molar-refractivity contribution in [2.45, 2.75) is 58.0 Å². The lowest BCUT2D eigenvalue weighted by Gasteiger charge is -2.33. The van der Waals surface area contributed by atoms with Gasteiger partial charge < -0.3 is 14.8 Å². The molecule has 0 bridgehead atoms. The van der Waals surface area contributed by atoms with Crippen LogP contribution in [0.1, 0.15) is 49.1 Å². The molecule has 8 nitrogen and oxygen atoms in total. The maximum Gasteiger partial charge on any atom is 0.224 e. The minimum atomic E-state index is -0.0173. The number of imidazole rings is 1. The lowest BCUT2D eigenvalue weighted by molar-refractivity contribution is -0.125. The van der Waals surface area contributed by atoms with Gasteiger partial charge in [0.05, 0.1) is 5.92 Å². The van der Waals surface area contributed by atoms with E-state index in [0.717, 1.165) is 81.2 Å². The van der Waals surface area contributed by atoms with E-state index in [2.05, 4.69) is 53.9 Å². The standard InChI is InChI=1S/C27H35N7O/c35-27(28-12-16-32-15-11-20-7-3-4-8-21(20)17-32)22-9-6-13-33(18-22)25-24-26(30-19-29-25)34-14-5-1-2-10-23(34)31-24/h3-4,7-8,19,22H,1-2,5-6,9-18H2,(H,28,35). The molecule has 3 aromatic rings. The number of nitrogens with one attached hydrogen (secondary N) is 1. The predicted octanol–water partition coefficient (Wildman–Crippen LogP) is 2.94. The molecule has 8 heteroatoms. The second kappa shape index (κ2) is 9.93. The van der Waals surface area contributed by atoms with Gasteiger partial charge in [-0.1, -0.05) is 30.7 Å². The molecule has 3 aliphatic heterocycles. The van der Waals surface area contributed by atoms with E-state index >= 15 is 0 Å². The molecule has 1 atom stereocenters. The van der Waals surface area contributed by atoms with Crippen molar-refractivity contribution in [3.8, 4) is 0 Å². The number of carbonyl (C=O) groups excluding carboxylic acids is 1. The first kappa shape index (κ1) is 22.5. The molecule has 0 spiro atoms. The Bertz CT molecular complexity index is 1210. The number of aromatic nitrogens is 4. The molecule has 0 radical (unpaired) electrons. The quantitative estimate of drug-likeness (QED) is 0.614. The summed E-state index contributed by atoms with van der Waals surface area (Å²) in [5.74, 6) is 2.17. The molecule has 0 saturated carbocycles. The van der Waals surface area contributed by atoms with E-state index in [1.807, 2.05) is 0 Å². The summed E-state index contributed by atoms with van der Waals surface area (Å²) in [6.07, 6.45) is 9.27. The smallest absolute Gasteiger partial charge is 0.224 e. The minimum Gasteiger partial charge on any atom is -0.355 e. The number of benzene rings is 1. The molecular formula is C27H35N7O. The molecule has 35 heavy (non-hydrogen) atoms. The number of amides is 1. The van der Waals surface area contributed by atoms with Gasteiger partial charge in [0.25, 0.3) is 0 Å². The first-order valence-corrected chi connectivity index (χ1v) is 13.3. The molecule has 1 N–H and O–H groups in total. The number of fused-ring (bicyclic) bond motifs is 4. The van der Waals surface area contributed by atoms with E-state index in [9.17, 15) is 4.79 Å². The molecule has 6 rings (SSSR count). The minimum absolute atomic E-state index is 0.0173. The lowest BCUT2D eigenvalue weighted by Crippen LogP contribution is -2.45. The average Bonchev–Trinajstić information content (AvgIpc) is 3.09. The van der Waals surface area contributed by atoms with Crippen molar-refractivity contribution in [2.75, 3.05) is 37.6 Å². The SMILES string of the molecule is O=C(NCCN1CCc2ccccc2C1)C1CCCN(c2ncnc3c2nc2n3CCCCC2)C1. The summed E-state index contributed by atoms with van der Waals surface area (Å²) in [7, 11) is 0. The van der Waals surface area contributed by atoms with E-state index in [-0.39, 0.29) is 11.8 Å². The maximum atomic E-state index is 13.1. The Kier molecular flexibility index (Phi) is 6.37. The number of nitrogens with zero attached hydrogens (tertiary/aromatic N) is 6. The molecular weight excluding hydrogens is 438 g/mol. The Morgan fingerprint density at radius 3 is 2.86 bits per heavy atom. The van der Waals surface area contributed by atoms with Gasteiger partial charge in [-0.3, -0.25) is 9.69 Å². The monoisotopic (exact) mass is 473 g/mol. The van der Waals surface area contributed by atoms with E-state index < -0.39 is 0 Å². The van der Waals surface area contributed by atoms with Crippen LogP contribution in [-0.4, -0.2) is 63.0 Å². The number of aryl methyl sites for hydroxylation is 2. The average molecular weight is 474 g/mol. The van der Waals surface area contributed by atoms with E-state index in [4.69, 9.17) is 4.98 Å². The first-order chi connectivity index (χ1) is 17.3. The molecule has 1 unspecified atom stereocenters. The van der Waals surface area contributed by atoms with Gasteiger partial charge in [-0.05, 0) is 43.2 Å². The van der Waals surface area contributed by atoms with Crippen LogP contribution in [0.3, 0.4) is 0 Å². The normalized spacial score (nSPS) is 20.8. The summed E-state index contributed by atoms with van der Waals surface area (Å²) in [4.78, 5) is 31.9. The van der Waals surface area contributed by atoms with Crippen molar-refractivity contribution in [3.05, 3.63) is 47.5 Å². The molecule has 1 fully saturated rings. The Morgan fingerprint density at radius 2 is 1.91 bits per heavy atom. The fourth-order valence-electron chi connectivity index (χ4n) is 5.97. The highest BCUT2D eigenvalue weighted by Crippen LogP contribution is 2.29. The molecule has 2 aromatic heterocycles. The second-order valence-corrected chi connectivity index (χ2v) is 10.2. The number of rotatable bonds is 5. The second-order valence-electron chi connectivity index (χ2n) is 10.2. The van der Waals surface area contributed by atoms with Gasteiger partial charge >= 0.3 is 0 Å². The molecule has 5 heterocycles. The fourth-order valence-corrected chi connectivity index (χ4v) is 5.97. The van der Waals surface area contributed by atoms with Crippen LogP contribution in [0.5, 0.6) is 0 Å². The summed E-state index contributed by atoms with van der Waals surface area (Å²) in [6, 6.07) is 8.69. The molecule has 1 amide bonds. The van der Waals surface area contributed by atoms with Crippen molar-refractivity contribution in [3.63, 3.8) is 0 Å². The van der Waals surface area contributed by atoms with Gasteiger partial charge in [0, 0.05) is 52.2 Å². The van der Waals surface area contributed by atoms with Crippen LogP contribution in [0.25, 0.3) is 11.2 Å². The van der Waals surface area contributed by atoms with Crippen molar-refractivity contribution in [2.24, 2.45) is 5.92 Å². The molecule has 1 saturated heterocycles. The Balaban J connectivity index is 1.08. The summed E-state index contributed by atoms with van der Waals surface area (Å²) in [5.41, 5.74) is 4.72. The van der Waals surface area contributed by atoms with Gasteiger partial charge in [0.15, 0.2) is 17.0 Å². The summed E-state index contributed by atoms with van der Waals surface area (Å²) < 4.78 is 2.28. The zero-order chi connectivity index (χ0) is 23.6. The Morgan fingerprint density at radius 1 is 1.00 bits per heavy atom. The van der Waals surface area contributed by atoms with E-state index in [1.165, 1.54) is 30.4 Å². The van der Waals surface area contributed by atoms with Crippen LogP contribution in [0, 0.1) is 5.92 Å². The van der Waals surface area contributed by atoms with Crippen LogP contribution in [-0.2, 0) is 30.7 Å². The molecule has 184 valence electrons. The van der Waals surface area contributed by atoms with Gasteiger partial charge in [-0.25, -0.2) is 15.0 Å². The zero-order valence-electron chi connectivity index (χ0n) is 20.5. The van der Waals surface area contributed by atoms with Gasteiger partial charge in [0.2, 0.25) is 5.91 Å². The van der Waals surface area contributed by atoms with Crippen molar-refractivity contribution >= 4 is 22.9 Å². The number of hydrogen-bond donors (Lipinski definition) is 1. The van der Waals surface area contributed by atoms with Crippen molar-refractivity contribution in [1.29, 1.82) is 0 Å². The Hall–Kier alpha value is -3.00. The highest BCUT2D eigenvalue weighted by Gasteiger charge is 2.29. The topological polar surface area (TPSA) is 79.2 Å². The molecule has 0 aliphatic carbocycles. The van der Waals surface area contributed by atoms with Crippen LogP contribution >= 0.6 is 0 Å². The Labute approximate surface area is 206 Å². The van der Waals surface area contributed by atoms with Gasteiger partial charge in [-0.2, -0.15) is 0 Å². The summed E-state index contributed by atoms with van der Waals surface area (Å²) in [5, 5.41) is 3.22. The number of anilines is 1. The lowest BCUT2D eigenvalue weighted by atomic mass is 9.97. The number of piperidine rings is 1. The van der Waals surface area contributed by atoms with E-state index in [0.29, 0.717) is 13.1 Å². The summed E-state index contributed by atoms with van der Waals surface area (Å²) in [6.45, 7) is 6.20. The van der Waals surface area contributed by atoms with Crippen molar-refractivity contribution in [1.82, 2.24) is 29.7 Å². The van der Waals surface area contributed by atoms with Crippen molar-refractivity contribution < 1.29 is 4.79 Å². The molecule has 1 aromatic carbocycles. The zero-order valence-corrected chi connectivity index (χ0v) is 20.5. The number of hydrogen-bond acceptors (Lipinski definition) is 6. The van der Waals surface area contributed by atoms with Gasteiger partial charge in [0.1, 0.15) is 12.2 Å². The predicted molar refractivity (Wildman–Crippen MR) is 136 cm³/mol. The molecule has 3 aliphatic rings. The highest BCUT2D eigenvalue weighted by molar-refractivity contribution is 5.85. The third kappa shape index (κ3) is 4.63. The van der Waals surface area contributed by atoms with Crippen LogP contribution < -0.4 is 10.2 Å². The third-order valence-electron chi connectivity index (χ3n) is 7.90. The third-order valence-corrected chi connectivity index (χ3v) is 7.90. The van der Waals surface area contributed by atoms with Gasteiger partial charge in [-0.15, -0.1) is 0 Å². The van der Waals surface area contributed by atoms with E-state index in [1.54, 1.807) is 6.33 Å². The first-order valence-electron chi connectivity index (χ1n) is 13.3. The maximum absolute atomic E-state index is 13.1. The fraction of sp³-hybridized carbons (Fsp3) is 0.556. The highest BCUT2D eigenvalue weighted by atomic mass is 16.1. The van der Waals surface area contributed by atoms with Crippen LogP contribution in [0.15, 0.2) is 30.6 Å². The largest absolute Gasteiger partial charge is 0.355 e.